The lowest BCUT2D eigenvalue weighted by atomic mass is 9.88. The van der Waals surface area contributed by atoms with Gasteiger partial charge in [-0.3, -0.25) is 4.90 Å². The third-order valence-corrected chi connectivity index (χ3v) is 6.93. The maximum Gasteiger partial charge on any atom is 0.130 e. The zero-order valence-electron chi connectivity index (χ0n) is 19.9. The molecule has 1 saturated heterocycles. The largest absolute Gasteiger partial charge is 0.508 e. The highest BCUT2D eigenvalue weighted by Gasteiger charge is 2.23. The summed E-state index contributed by atoms with van der Waals surface area (Å²) in [6, 6.07) is 22.1. The van der Waals surface area contributed by atoms with Gasteiger partial charge < -0.3 is 19.8 Å². The molecule has 5 rings (SSSR count). The molecule has 34 heavy (non-hydrogen) atoms. The summed E-state index contributed by atoms with van der Waals surface area (Å²) in [5.74, 6) is 1.14. The second kappa shape index (κ2) is 9.43. The summed E-state index contributed by atoms with van der Waals surface area (Å²) in [4.78, 5) is 4.98. The monoisotopic (exact) mass is 456 g/mol. The summed E-state index contributed by atoms with van der Waals surface area (Å²) in [5.41, 5.74) is 6.67. The maximum atomic E-state index is 10.1. The van der Waals surface area contributed by atoms with Crippen LogP contribution in [0.3, 0.4) is 0 Å². The lowest BCUT2D eigenvalue weighted by Gasteiger charge is -2.38. The van der Waals surface area contributed by atoms with E-state index < -0.39 is 0 Å². The summed E-state index contributed by atoms with van der Waals surface area (Å²) in [6.45, 7) is 9.29. The number of phenols is 2. The second-order valence-corrected chi connectivity index (χ2v) is 9.34. The van der Waals surface area contributed by atoms with E-state index in [0.717, 1.165) is 54.9 Å². The Morgan fingerprint density at radius 2 is 1.41 bits per heavy atom. The topological polar surface area (TPSA) is 56.2 Å². The number of rotatable bonds is 4. The van der Waals surface area contributed by atoms with Gasteiger partial charge in [0.2, 0.25) is 0 Å². The van der Waals surface area contributed by atoms with Crippen molar-refractivity contribution in [3.05, 3.63) is 83.4 Å². The fraction of sp³-hybridized carbons (Fsp3) is 0.310. The maximum absolute atomic E-state index is 10.1. The number of ether oxygens (including phenoxy) is 1. The highest BCUT2D eigenvalue weighted by molar-refractivity contribution is 6.00. The van der Waals surface area contributed by atoms with E-state index in [9.17, 15) is 10.2 Å². The van der Waals surface area contributed by atoms with Gasteiger partial charge in [0.05, 0.1) is 6.61 Å². The lowest BCUT2D eigenvalue weighted by molar-refractivity contribution is 0.209. The minimum atomic E-state index is 0.196. The van der Waals surface area contributed by atoms with E-state index in [1.54, 1.807) is 24.3 Å². The zero-order chi connectivity index (χ0) is 23.7. The summed E-state index contributed by atoms with van der Waals surface area (Å²) < 4.78 is 6.04. The molecule has 5 nitrogen and oxygen atoms in total. The Kier molecular flexibility index (Phi) is 6.20. The molecule has 3 aromatic carbocycles. The van der Waals surface area contributed by atoms with Crippen LogP contribution < -0.4 is 9.64 Å². The van der Waals surface area contributed by atoms with Gasteiger partial charge in [0.1, 0.15) is 17.2 Å². The molecule has 2 heterocycles. The number of benzene rings is 3. The number of hydrogen-bond donors (Lipinski definition) is 2. The third kappa shape index (κ3) is 4.48. The Morgan fingerprint density at radius 1 is 0.765 bits per heavy atom. The van der Waals surface area contributed by atoms with Crippen LogP contribution in [-0.2, 0) is 0 Å². The molecule has 0 aromatic heterocycles. The fourth-order valence-corrected chi connectivity index (χ4v) is 5.00. The van der Waals surface area contributed by atoms with Crippen molar-refractivity contribution in [1.29, 1.82) is 0 Å². The molecule has 0 saturated carbocycles. The van der Waals surface area contributed by atoms with Crippen LogP contribution in [0.5, 0.6) is 17.2 Å². The summed E-state index contributed by atoms with van der Waals surface area (Å²) in [7, 11) is 0. The standard InChI is InChI=1S/C29H32N2O3/c1-20(2)30-14-16-31(17-15-30)23-7-3-22(4-8-23)29-26(21-5-9-24(32)10-6-21)13-18-34-28-19-25(33)11-12-27(28)29/h3-12,19-20,32-33H,13-18H2,1-2H3. The first-order chi connectivity index (χ1) is 16.5. The van der Waals surface area contributed by atoms with Crippen molar-refractivity contribution in [2.75, 3.05) is 37.7 Å². The van der Waals surface area contributed by atoms with Crippen LogP contribution in [-0.4, -0.2) is 53.9 Å². The van der Waals surface area contributed by atoms with Gasteiger partial charge in [-0.2, -0.15) is 0 Å². The minimum absolute atomic E-state index is 0.196. The molecule has 0 amide bonds. The third-order valence-electron chi connectivity index (χ3n) is 6.93. The predicted octanol–water partition coefficient (Wildman–Crippen LogP) is 5.37. The molecular formula is C29H32N2O3. The normalized spacial score (nSPS) is 16.9. The lowest BCUT2D eigenvalue weighted by Crippen LogP contribution is -2.48. The van der Waals surface area contributed by atoms with Gasteiger partial charge in [-0.25, -0.2) is 0 Å². The van der Waals surface area contributed by atoms with Crippen LogP contribution in [0.1, 0.15) is 37.0 Å². The number of aromatic hydroxyl groups is 2. The number of hydrogen-bond acceptors (Lipinski definition) is 5. The van der Waals surface area contributed by atoms with Crippen molar-refractivity contribution in [2.24, 2.45) is 0 Å². The number of phenolic OH excluding ortho intramolecular Hbond substituents is 2. The molecule has 3 aromatic rings. The zero-order valence-corrected chi connectivity index (χ0v) is 19.9. The minimum Gasteiger partial charge on any atom is -0.508 e. The number of anilines is 1. The average molecular weight is 457 g/mol. The average Bonchev–Trinajstić information content (AvgIpc) is 3.04. The van der Waals surface area contributed by atoms with E-state index in [1.165, 1.54) is 11.3 Å². The molecule has 0 bridgehead atoms. The predicted molar refractivity (Wildman–Crippen MR) is 138 cm³/mol. The van der Waals surface area contributed by atoms with E-state index in [4.69, 9.17) is 4.74 Å². The molecule has 2 aliphatic heterocycles. The van der Waals surface area contributed by atoms with E-state index in [2.05, 4.69) is 47.9 Å². The van der Waals surface area contributed by atoms with Gasteiger partial charge in [-0.1, -0.05) is 24.3 Å². The second-order valence-electron chi connectivity index (χ2n) is 9.34. The SMILES string of the molecule is CC(C)N1CCN(c2ccc(C3=C(c4ccc(O)cc4)CCOc4cc(O)ccc43)cc2)CC1. The molecule has 2 N–H and O–H groups in total. The van der Waals surface area contributed by atoms with E-state index in [1.807, 2.05) is 18.2 Å². The van der Waals surface area contributed by atoms with Gasteiger partial charge in [0, 0.05) is 56.0 Å². The van der Waals surface area contributed by atoms with Gasteiger partial charge in [0.25, 0.3) is 0 Å². The Labute approximate surface area is 201 Å². The molecule has 2 aliphatic rings. The van der Waals surface area contributed by atoms with Gasteiger partial charge in [0.15, 0.2) is 0 Å². The highest BCUT2D eigenvalue weighted by Crippen LogP contribution is 2.42. The van der Waals surface area contributed by atoms with E-state index >= 15 is 0 Å². The molecule has 5 heteroatoms. The first-order valence-corrected chi connectivity index (χ1v) is 12.1. The molecule has 176 valence electrons. The van der Waals surface area contributed by atoms with Crippen molar-refractivity contribution in [3.8, 4) is 17.2 Å². The van der Waals surface area contributed by atoms with Crippen LogP contribution in [0.4, 0.5) is 5.69 Å². The van der Waals surface area contributed by atoms with E-state index in [-0.39, 0.29) is 11.5 Å². The van der Waals surface area contributed by atoms with Crippen LogP contribution in [0.2, 0.25) is 0 Å². The van der Waals surface area contributed by atoms with Crippen molar-refractivity contribution in [2.45, 2.75) is 26.3 Å². The first-order valence-electron chi connectivity index (χ1n) is 12.1. The van der Waals surface area contributed by atoms with Crippen LogP contribution in [0.15, 0.2) is 66.7 Å². The molecule has 0 aliphatic carbocycles. The number of nitrogens with zero attached hydrogens (tertiary/aromatic N) is 2. The Morgan fingerprint density at radius 3 is 2.09 bits per heavy atom. The van der Waals surface area contributed by atoms with E-state index in [0.29, 0.717) is 18.4 Å². The van der Waals surface area contributed by atoms with Crippen LogP contribution >= 0.6 is 0 Å². The van der Waals surface area contributed by atoms with Crippen LogP contribution in [0, 0.1) is 0 Å². The molecule has 1 fully saturated rings. The Bertz CT molecular complexity index is 1180. The Balaban J connectivity index is 1.54. The van der Waals surface area contributed by atoms with Crippen molar-refractivity contribution in [1.82, 2.24) is 4.90 Å². The van der Waals surface area contributed by atoms with Crippen molar-refractivity contribution < 1.29 is 14.9 Å². The number of fused-ring (bicyclic) bond motifs is 1. The Hall–Kier alpha value is -3.44. The summed E-state index contributed by atoms with van der Waals surface area (Å²) in [5, 5.41) is 19.9. The summed E-state index contributed by atoms with van der Waals surface area (Å²) in [6.07, 6.45) is 0.731. The molecule has 0 spiro atoms. The molecule has 0 radical (unpaired) electrons. The smallest absolute Gasteiger partial charge is 0.130 e. The van der Waals surface area contributed by atoms with Crippen molar-refractivity contribution in [3.63, 3.8) is 0 Å². The van der Waals surface area contributed by atoms with Gasteiger partial charge in [-0.15, -0.1) is 0 Å². The molecule has 0 unspecified atom stereocenters. The molecule has 0 atom stereocenters. The fourth-order valence-electron chi connectivity index (χ4n) is 5.00. The number of piperazine rings is 1. The van der Waals surface area contributed by atoms with Crippen molar-refractivity contribution >= 4 is 16.8 Å². The highest BCUT2D eigenvalue weighted by atomic mass is 16.5. The quantitative estimate of drug-likeness (QED) is 0.553. The first kappa shape index (κ1) is 22.4. The van der Waals surface area contributed by atoms with Crippen LogP contribution in [0.25, 0.3) is 11.1 Å². The summed E-state index contributed by atoms with van der Waals surface area (Å²) >= 11 is 0. The van der Waals surface area contributed by atoms with Gasteiger partial charge in [-0.05, 0) is 72.5 Å². The molecular weight excluding hydrogens is 424 g/mol. The van der Waals surface area contributed by atoms with Gasteiger partial charge >= 0.3 is 0 Å².